The van der Waals surface area contributed by atoms with E-state index < -0.39 is 11.6 Å². The maximum atomic E-state index is 14.1. The van der Waals surface area contributed by atoms with Crippen LogP contribution in [-0.2, 0) is 6.42 Å². The average Bonchev–Trinajstić information content (AvgIpc) is 2.54. The fraction of sp³-hybridized carbons (Fsp3) is 0.368. The lowest BCUT2D eigenvalue weighted by Gasteiger charge is -2.38. The Morgan fingerprint density at radius 1 is 1.09 bits per heavy atom. The van der Waals surface area contributed by atoms with E-state index in [2.05, 4.69) is 31.2 Å². The highest BCUT2D eigenvalue weighted by Gasteiger charge is 2.27. The van der Waals surface area contributed by atoms with Crippen molar-refractivity contribution in [3.8, 4) is 0 Å². The molecule has 2 aromatic rings. The summed E-state index contributed by atoms with van der Waals surface area (Å²) in [4.78, 5) is 1.93. The molecule has 4 heteroatoms. The first-order valence-electron chi connectivity index (χ1n) is 8.11. The van der Waals surface area contributed by atoms with Crippen LogP contribution in [0.5, 0.6) is 0 Å². The number of aryl methyl sites for hydroxylation is 1. The second-order valence-electron chi connectivity index (χ2n) is 6.29. The monoisotopic (exact) mass is 316 g/mol. The Labute approximate surface area is 135 Å². The molecule has 2 N–H and O–H groups in total. The molecule has 1 fully saturated rings. The summed E-state index contributed by atoms with van der Waals surface area (Å²) >= 11 is 0. The molecule has 0 aromatic heterocycles. The minimum absolute atomic E-state index is 0.0240. The number of nitrogens with two attached hydrogens (primary N) is 1. The number of rotatable bonds is 3. The second-order valence-corrected chi connectivity index (χ2v) is 6.29. The molecule has 0 radical (unpaired) electrons. The van der Waals surface area contributed by atoms with Crippen LogP contribution < -0.4 is 10.6 Å². The van der Waals surface area contributed by atoms with Crippen LogP contribution in [0.2, 0.25) is 0 Å². The van der Waals surface area contributed by atoms with E-state index in [9.17, 15) is 8.78 Å². The zero-order valence-corrected chi connectivity index (χ0v) is 13.3. The fourth-order valence-electron chi connectivity index (χ4n) is 3.34. The molecular weight excluding hydrogens is 294 g/mol. The van der Waals surface area contributed by atoms with Crippen LogP contribution in [0.15, 0.2) is 42.5 Å². The Bertz CT molecular complexity index is 670. The minimum Gasteiger partial charge on any atom is -0.367 e. The molecular formula is C19H22F2N2. The summed E-state index contributed by atoms with van der Waals surface area (Å²) in [5, 5.41) is 0. The SMILES string of the molecule is CCc1ccc(C2CC(N)CN(c3ccc(F)cc3F)C2)cc1. The quantitative estimate of drug-likeness (QED) is 0.932. The number of piperidine rings is 1. The molecule has 122 valence electrons. The van der Waals surface area contributed by atoms with Crippen molar-refractivity contribution >= 4 is 5.69 Å². The van der Waals surface area contributed by atoms with Gasteiger partial charge < -0.3 is 10.6 Å². The highest BCUT2D eigenvalue weighted by Crippen LogP contribution is 2.31. The van der Waals surface area contributed by atoms with Gasteiger partial charge in [0.2, 0.25) is 0 Å². The van der Waals surface area contributed by atoms with Gasteiger partial charge in [-0.15, -0.1) is 0 Å². The maximum Gasteiger partial charge on any atom is 0.149 e. The van der Waals surface area contributed by atoms with Gasteiger partial charge in [0.25, 0.3) is 0 Å². The Balaban J connectivity index is 1.83. The summed E-state index contributed by atoms with van der Waals surface area (Å²) in [6.45, 7) is 3.42. The summed E-state index contributed by atoms with van der Waals surface area (Å²) in [5.41, 5.74) is 9.14. The van der Waals surface area contributed by atoms with Gasteiger partial charge in [-0.25, -0.2) is 8.78 Å². The molecule has 1 saturated heterocycles. The van der Waals surface area contributed by atoms with Gasteiger partial charge in [-0.3, -0.25) is 0 Å². The van der Waals surface area contributed by atoms with Crippen molar-refractivity contribution < 1.29 is 8.78 Å². The normalized spacial score (nSPS) is 21.5. The third kappa shape index (κ3) is 3.53. The smallest absolute Gasteiger partial charge is 0.149 e. The van der Waals surface area contributed by atoms with Crippen LogP contribution in [0, 0.1) is 11.6 Å². The number of anilines is 1. The summed E-state index contributed by atoms with van der Waals surface area (Å²) in [5.74, 6) is -0.826. The summed E-state index contributed by atoms with van der Waals surface area (Å²) in [6, 6.07) is 12.3. The zero-order chi connectivity index (χ0) is 16.4. The van der Waals surface area contributed by atoms with Gasteiger partial charge in [0.1, 0.15) is 11.6 Å². The van der Waals surface area contributed by atoms with Crippen LogP contribution in [0.3, 0.4) is 0 Å². The van der Waals surface area contributed by atoms with E-state index in [0.29, 0.717) is 18.8 Å². The van der Waals surface area contributed by atoms with Crippen LogP contribution >= 0.6 is 0 Å². The predicted molar refractivity (Wildman–Crippen MR) is 89.7 cm³/mol. The van der Waals surface area contributed by atoms with Gasteiger partial charge in [-0.05, 0) is 36.1 Å². The average molecular weight is 316 g/mol. The van der Waals surface area contributed by atoms with E-state index in [-0.39, 0.29) is 12.0 Å². The van der Waals surface area contributed by atoms with Gasteiger partial charge in [-0.2, -0.15) is 0 Å². The van der Waals surface area contributed by atoms with E-state index in [1.165, 1.54) is 23.3 Å². The van der Waals surface area contributed by atoms with Gasteiger partial charge in [0.05, 0.1) is 5.69 Å². The molecule has 1 heterocycles. The lowest BCUT2D eigenvalue weighted by atomic mass is 9.87. The van der Waals surface area contributed by atoms with Crippen molar-refractivity contribution in [2.24, 2.45) is 5.73 Å². The zero-order valence-electron chi connectivity index (χ0n) is 13.3. The Morgan fingerprint density at radius 3 is 2.48 bits per heavy atom. The van der Waals surface area contributed by atoms with E-state index in [1.54, 1.807) is 0 Å². The third-order valence-corrected chi connectivity index (χ3v) is 4.59. The summed E-state index contributed by atoms with van der Waals surface area (Å²) in [7, 11) is 0. The number of hydrogen-bond donors (Lipinski definition) is 1. The standard InChI is InChI=1S/C19H22F2N2/c1-2-13-3-5-14(6-4-13)15-9-17(22)12-23(11-15)19-8-7-16(20)10-18(19)21/h3-8,10,15,17H,2,9,11-12,22H2,1H3. The van der Waals surface area contributed by atoms with Crippen molar-refractivity contribution in [1.29, 1.82) is 0 Å². The molecule has 3 rings (SSSR count). The molecule has 0 amide bonds. The summed E-state index contributed by atoms with van der Waals surface area (Å²) in [6.07, 6.45) is 1.89. The number of hydrogen-bond acceptors (Lipinski definition) is 2. The van der Waals surface area contributed by atoms with E-state index >= 15 is 0 Å². The topological polar surface area (TPSA) is 29.3 Å². The van der Waals surface area contributed by atoms with Crippen molar-refractivity contribution in [3.63, 3.8) is 0 Å². The number of benzene rings is 2. The van der Waals surface area contributed by atoms with Crippen molar-refractivity contribution in [2.45, 2.75) is 31.7 Å². The molecule has 2 nitrogen and oxygen atoms in total. The van der Waals surface area contributed by atoms with E-state index in [0.717, 1.165) is 18.9 Å². The molecule has 0 spiro atoms. The molecule has 0 bridgehead atoms. The maximum absolute atomic E-state index is 14.1. The van der Waals surface area contributed by atoms with E-state index in [1.807, 2.05) is 4.90 Å². The Kier molecular flexibility index (Phi) is 4.62. The number of nitrogens with zero attached hydrogens (tertiary/aromatic N) is 1. The van der Waals surface area contributed by atoms with Crippen LogP contribution in [0.4, 0.5) is 14.5 Å². The van der Waals surface area contributed by atoms with E-state index in [4.69, 9.17) is 5.73 Å². The lowest BCUT2D eigenvalue weighted by molar-refractivity contribution is 0.448. The first kappa shape index (κ1) is 15.9. The highest BCUT2D eigenvalue weighted by molar-refractivity contribution is 5.49. The summed E-state index contributed by atoms with van der Waals surface area (Å²) < 4.78 is 27.2. The molecule has 2 aromatic carbocycles. The predicted octanol–water partition coefficient (Wildman–Crippen LogP) is 3.85. The van der Waals surface area contributed by atoms with Gasteiger partial charge >= 0.3 is 0 Å². The first-order chi connectivity index (χ1) is 11.1. The van der Waals surface area contributed by atoms with Crippen LogP contribution in [0.1, 0.15) is 30.4 Å². The van der Waals surface area contributed by atoms with Crippen LogP contribution in [0.25, 0.3) is 0 Å². The molecule has 0 aliphatic carbocycles. The minimum atomic E-state index is -0.556. The van der Waals surface area contributed by atoms with Crippen molar-refractivity contribution in [2.75, 3.05) is 18.0 Å². The lowest BCUT2D eigenvalue weighted by Crippen LogP contribution is -2.46. The molecule has 0 saturated carbocycles. The van der Waals surface area contributed by atoms with Gasteiger partial charge in [0, 0.05) is 31.1 Å². The highest BCUT2D eigenvalue weighted by atomic mass is 19.1. The van der Waals surface area contributed by atoms with Crippen LogP contribution in [-0.4, -0.2) is 19.1 Å². The molecule has 1 aliphatic rings. The molecule has 23 heavy (non-hydrogen) atoms. The largest absolute Gasteiger partial charge is 0.367 e. The number of halogens is 2. The molecule has 2 atom stereocenters. The molecule has 2 unspecified atom stereocenters. The molecule has 1 aliphatic heterocycles. The first-order valence-corrected chi connectivity index (χ1v) is 8.11. The second kappa shape index (κ2) is 6.67. The van der Waals surface area contributed by atoms with Crippen molar-refractivity contribution in [1.82, 2.24) is 0 Å². The fourth-order valence-corrected chi connectivity index (χ4v) is 3.34. The van der Waals surface area contributed by atoms with Gasteiger partial charge in [-0.1, -0.05) is 31.2 Å². The third-order valence-electron chi connectivity index (χ3n) is 4.59. The van der Waals surface area contributed by atoms with Crippen molar-refractivity contribution in [3.05, 3.63) is 65.2 Å². The van der Waals surface area contributed by atoms with Gasteiger partial charge in [0.15, 0.2) is 0 Å². The Morgan fingerprint density at radius 2 is 1.83 bits per heavy atom. The Hall–Kier alpha value is -1.94.